The largest absolute Gasteiger partial charge is 0.445 e. The van der Waals surface area contributed by atoms with Crippen LogP contribution in [0.4, 0.5) is 4.79 Å². The maximum atomic E-state index is 12.2. The summed E-state index contributed by atoms with van der Waals surface area (Å²) in [5, 5.41) is 2.92. The van der Waals surface area contributed by atoms with Gasteiger partial charge in [-0.25, -0.2) is 4.79 Å². The molecule has 0 spiro atoms. The van der Waals surface area contributed by atoms with Crippen LogP contribution in [0.2, 0.25) is 0 Å². The molecule has 5 nitrogen and oxygen atoms in total. The summed E-state index contributed by atoms with van der Waals surface area (Å²) in [6.45, 7) is 6.04. The van der Waals surface area contributed by atoms with E-state index in [2.05, 4.69) is 11.9 Å². The molecule has 1 heterocycles. The zero-order chi connectivity index (χ0) is 13.6. The van der Waals surface area contributed by atoms with E-state index in [1.807, 2.05) is 0 Å². The van der Waals surface area contributed by atoms with Crippen LogP contribution in [0.25, 0.3) is 0 Å². The van der Waals surface area contributed by atoms with Gasteiger partial charge in [-0.3, -0.25) is 9.69 Å². The van der Waals surface area contributed by atoms with Crippen LogP contribution in [0.5, 0.6) is 0 Å². The number of hydrogen-bond donors (Lipinski definition) is 1. The summed E-state index contributed by atoms with van der Waals surface area (Å²) < 4.78 is 5.02. The summed E-state index contributed by atoms with van der Waals surface area (Å²) in [7, 11) is 1.79. The average Bonchev–Trinajstić information content (AvgIpc) is 2.76. The summed E-state index contributed by atoms with van der Waals surface area (Å²) >= 11 is 1.20. The highest BCUT2D eigenvalue weighted by atomic mass is 32.2. The lowest BCUT2D eigenvalue weighted by Gasteiger charge is -2.32. The predicted octanol–water partition coefficient (Wildman–Crippen LogP) is 1.60. The summed E-state index contributed by atoms with van der Waals surface area (Å²) in [5.74, 6) is 0.546. The zero-order valence-electron chi connectivity index (χ0n) is 10.9. The van der Waals surface area contributed by atoms with E-state index in [4.69, 9.17) is 4.74 Å². The molecule has 0 aromatic carbocycles. The van der Waals surface area contributed by atoms with Gasteiger partial charge in [-0.1, -0.05) is 24.4 Å². The lowest BCUT2D eigenvalue weighted by molar-refractivity contribution is -0.119. The molecule has 0 bridgehead atoms. The van der Waals surface area contributed by atoms with Gasteiger partial charge in [-0.15, -0.1) is 0 Å². The minimum atomic E-state index is -0.750. The van der Waals surface area contributed by atoms with Crippen LogP contribution in [-0.4, -0.2) is 47.7 Å². The van der Waals surface area contributed by atoms with Gasteiger partial charge in [0.25, 0.3) is 0 Å². The fraction of sp³-hybridized carbons (Fsp3) is 0.667. The van der Waals surface area contributed by atoms with Gasteiger partial charge >= 0.3 is 6.09 Å². The van der Waals surface area contributed by atoms with Crippen LogP contribution in [0.15, 0.2) is 12.7 Å². The normalized spacial score (nSPS) is 22.9. The Labute approximate surface area is 112 Å². The highest BCUT2D eigenvalue weighted by molar-refractivity contribution is 8.13. The van der Waals surface area contributed by atoms with E-state index in [0.29, 0.717) is 18.8 Å². The van der Waals surface area contributed by atoms with E-state index in [0.717, 1.165) is 6.42 Å². The van der Waals surface area contributed by atoms with E-state index in [-0.39, 0.29) is 11.7 Å². The van der Waals surface area contributed by atoms with Crippen LogP contribution in [0.1, 0.15) is 19.8 Å². The fourth-order valence-electron chi connectivity index (χ4n) is 1.97. The van der Waals surface area contributed by atoms with Gasteiger partial charge in [0.05, 0.1) is 0 Å². The number of amides is 1. The monoisotopic (exact) mass is 272 g/mol. The Hall–Kier alpha value is -1.01. The first-order valence-electron chi connectivity index (χ1n) is 5.93. The third kappa shape index (κ3) is 3.26. The molecule has 0 aromatic rings. The number of nitrogens with one attached hydrogen (secondary N) is 1. The molecule has 0 saturated carbocycles. The summed E-state index contributed by atoms with van der Waals surface area (Å²) in [5.41, 5.74) is -0.750. The number of rotatable bonds is 5. The Balaban J connectivity index is 2.69. The van der Waals surface area contributed by atoms with Crippen molar-refractivity contribution >= 4 is 23.0 Å². The van der Waals surface area contributed by atoms with Crippen molar-refractivity contribution in [3.63, 3.8) is 0 Å². The molecule has 0 aliphatic carbocycles. The van der Waals surface area contributed by atoms with E-state index >= 15 is 0 Å². The van der Waals surface area contributed by atoms with Gasteiger partial charge in [0.15, 0.2) is 0 Å². The number of likely N-dealkylation sites (tertiary alicyclic amines) is 1. The topological polar surface area (TPSA) is 58.6 Å². The molecule has 1 aliphatic heterocycles. The van der Waals surface area contributed by atoms with Gasteiger partial charge in [-0.05, 0) is 26.8 Å². The second-order valence-corrected chi connectivity index (χ2v) is 5.27. The molecule has 1 N–H and O–H groups in total. The summed E-state index contributed by atoms with van der Waals surface area (Å²) in [6, 6.07) is 0. The van der Waals surface area contributed by atoms with Gasteiger partial charge in [-0.2, -0.15) is 0 Å². The van der Waals surface area contributed by atoms with Crippen LogP contribution in [0.3, 0.4) is 0 Å². The summed E-state index contributed by atoms with van der Waals surface area (Å²) in [4.78, 5) is 25.6. The Bertz CT molecular complexity index is 335. The maximum Gasteiger partial charge on any atom is 0.410 e. The number of carbonyl (C=O) groups is 2. The first-order chi connectivity index (χ1) is 8.56. The van der Waals surface area contributed by atoms with Crippen molar-refractivity contribution in [2.75, 3.05) is 26.1 Å². The van der Waals surface area contributed by atoms with Crippen molar-refractivity contribution in [1.29, 1.82) is 0 Å². The molecular formula is C12H20N2O3S. The van der Waals surface area contributed by atoms with Gasteiger partial charge in [0.1, 0.15) is 12.1 Å². The molecule has 1 rings (SSSR count). The molecule has 1 aliphatic rings. The number of ether oxygens (including phenoxy) is 1. The molecule has 1 atom stereocenters. The highest BCUT2D eigenvalue weighted by Crippen LogP contribution is 2.33. The Morgan fingerprint density at radius 3 is 2.94 bits per heavy atom. The first kappa shape index (κ1) is 15.0. The number of nitrogens with zero attached hydrogens (tertiary/aromatic N) is 1. The average molecular weight is 272 g/mol. The van der Waals surface area contributed by atoms with Gasteiger partial charge in [0.2, 0.25) is 5.12 Å². The quantitative estimate of drug-likeness (QED) is 0.608. The van der Waals surface area contributed by atoms with Crippen molar-refractivity contribution in [3.05, 3.63) is 12.7 Å². The van der Waals surface area contributed by atoms with Gasteiger partial charge < -0.3 is 10.1 Å². The third-order valence-electron chi connectivity index (χ3n) is 2.97. The Kier molecular flexibility index (Phi) is 5.68. The minimum Gasteiger partial charge on any atom is -0.445 e. The zero-order valence-corrected chi connectivity index (χ0v) is 11.7. The molecular weight excluding hydrogens is 252 g/mol. The molecule has 0 radical (unpaired) electrons. The van der Waals surface area contributed by atoms with Crippen LogP contribution in [-0.2, 0) is 9.53 Å². The molecule has 1 unspecified atom stereocenters. The van der Waals surface area contributed by atoms with Crippen molar-refractivity contribution < 1.29 is 14.3 Å². The van der Waals surface area contributed by atoms with Crippen molar-refractivity contribution in [3.8, 4) is 0 Å². The highest BCUT2D eigenvalue weighted by Gasteiger charge is 2.46. The Morgan fingerprint density at radius 1 is 1.61 bits per heavy atom. The lowest BCUT2D eigenvalue weighted by Crippen LogP contribution is -2.50. The number of carbonyl (C=O) groups excluding carboxylic acids is 2. The molecule has 0 aromatic heterocycles. The van der Waals surface area contributed by atoms with E-state index in [9.17, 15) is 9.59 Å². The number of thioether (sulfide) groups is 1. The molecule has 6 heteroatoms. The smallest absolute Gasteiger partial charge is 0.410 e. The second-order valence-electron chi connectivity index (χ2n) is 4.32. The third-order valence-corrected chi connectivity index (χ3v) is 4.11. The maximum absolute atomic E-state index is 12.2. The predicted molar refractivity (Wildman–Crippen MR) is 72.4 cm³/mol. The van der Waals surface area contributed by atoms with Crippen LogP contribution >= 0.6 is 11.8 Å². The number of hydrogen-bond acceptors (Lipinski definition) is 5. The fourth-order valence-corrected chi connectivity index (χ4v) is 2.77. The van der Waals surface area contributed by atoms with Crippen molar-refractivity contribution in [2.45, 2.75) is 25.3 Å². The van der Waals surface area contributed by atoms with Crippen LogP contribution < -0.4 is 5.32 Å². The Morgan fingerprint density at radius 2 is 2.33 bits per heavy atom. The lowest BCUT2D eigenvalue weighted by atomic mass is 10.0. The van der Waals surface area contributed by atoms with Crippen molar-refractivity contribution in [2.24, 2.45) is 0 Å². The molecule has 102 valence electrons. The van der Waals surface area contributed by atoms with E-state index in [1.54, 1.807) is 14.0 Å². The minimum absolute atomic E-state index is 0.00454. The second kappa shape index (κ2) is 6.80. The first-order valence-corrected chi connectivity index (χ1v) is 6.92. The molecule has 18 heavy (non-hydrogen) atoms. The van der Waals surface area contributed by atoms with E-state index < -0.39 is 11.6 Å². The van der Waals surface area contributed by atoms with Crippen molar-refractivity contribution in [1.82, 2.24) is 10.2 Å². The molecule has 1 amide bonds. The SMILES string of the molecule is C=CCOC(=O)N1CCCC1(C)C(=O)SCNC. The molecule has 1 fully saturated rings. The van der Waals surface area contributed by atoms with Crippen LogP contribution in [0, 0.1) is 0 Å². The standard InChI is InChI=1S/C12H20N2O3S/c1-4-8-17-11(16)14-7-5-6-12(14,2)10(15)18-9-13-3/h4,13H,1,5-9H2,2-3H3. The van der Waals surface area contributed by atoms with Gasteiger partial charge in [0, 0.05) is 12.4 Å². The van der Waals surface area contributed by atoms with E-state index in [1.165, 1.54) is 22.7 Å². The molecule has 1 saturated heterocycles. The summed E-state index contributed by atoms with van der Waals surface area (Å²) in [6.07, 6.45) is 2.59.